The molecule has 1 aliphatic rings. The van der Waals surface area contributed by atoms with Gasteiger partial charge >= 0.3 is 0 Å². The molecule has 0 aliphatic carbocycles. The van der Waals surface area contributed by atoms with Crippen molar-refractivity contribution in [3.63, 3.8) is 0 Å². The lowest BCUT2D eigenvalue weighted by molar-refractivity contribution is 0.101. The molecule has 0 spiro atoms. The minimum Gasteiger partial charge on any atom is -0.494 e. The van der Waals surface area contributed by atoms with Crippen LogP contribution in [0.2, 0.25) is 0 Å². The largest absolute Gasteiger partial charge is 0.494 e. The summed E-state index contributed by atoms with van der Waals surface area (Å²) in [6, 6.07) is 33.4. The summed E-state index contributed by atoms with van der Waals surface area (Å²) in [4.78, 5) is 25.1. The standard InChI is InChI=1S/C36H32N2O2S2/c1-3-5-23-7-15-27(16-8-23)41-29-19-11-25(12-20-29)33-31-32(36(40)37-33)34(38-35(31)39)26-13-21-30(22-14-26)42-28-17-9-24(6-4-2)10-18-28/h7-22,37,40H,3-6H2,1-2H3. The number of hydrogen-bond acceptors (Lipinski definition) is 4. The van der Waals surface area contributed by atoms with E-state index in [1.807, 2.05) is 48.5 Å². The summed E-state index contributed by atoms with van der Waals surface area (Å²) in [6.07, 6.45) is 4.46. The van der Waals surface area contributed by atoms with Crippen LogP contribution >= 0.6 is 23.5 Å². The van der Waals surface area contributed by atoms with Crippen molar-refractivity contribution in [1.29, 1.82) is 0 Å². The number of aryl methyl sites for hydroxylation is 2. The lowest BCUT2D eigenvalue weighted by Gasteiger charge is -2.06. The Kier molecular flexibility index (Phi) is 8.36. The molecule has 0 saturated heterocycles. The van der Waals surface area contributed by atoms with Gasteiger partial charge in [-0.3, -0.25) is 4.79 Å². The predicted octanol–water partition coefficient (Wildman–Crippen LogP) is 9.59. The van der Waals surface area contributed by atoms with Crippen LogP contribution in [0.5, 0.6) is 5.88 Å². The summed E-state index contributed by atoms with van der Waals surface area (Å²) in [6.45, 7) is 4.38. The molecule has 0 fully saturated rings. The minimum absolute atomic E-state index is 0.0409. The number of aliphatic imine (C=N–C) groups is 1. The van der Waals surface area contributed by atoms with Crippen LogP contribution in [0.25, 0.3) is 11.3 Å². The zero-order chi connectivity index (χ0) is 29.1. The first-order chi connectivity index (χ1) is 20.5. The molecule has 42 heavy (non-hydrogen) atoms. The average molecular weight is 589 g/mol. The van der Waals surface area contributed by atoms with Crippen molar-refractivity contribution in [2.24, 2.45) is 4.99 Å². The van der Waals surface area contributed by atoms with Crippen LogP contribution in [-0.2, 0) is 12.8 Å². The number of aromatic nitrogens is 1. The van der Waals surface area contributed by atoms with Gasteiger partial charge in [-0.25, -0.2) is 4.99 Å². The van der Waals surface area contributed by atoms with E-state index in [1.165, 1.54) is 20.9 Å². The lowest BCUT2D eigenvalue weighted by Crippen LogP contribution is -1.99. The molecule has 4 aromatic carbocycles. The molecule has 2 N–H and O–H groups in total. The van der Waals surface area contributed by atoms with E-state index in [2.05, 4.69) is 72.4 Å². The molecule has 1 amide bonds. The normalized spacial score (nSPS) is 12.4. The van der Waals surface area contributed by atoms with E-state index < -0.39 is 0 Å². The summed E-state index contributed by atoms with van der Waals surface area (Å²) >= 11 is 3.40. The van der Waals surface area contributed by atoms with E-state index in [4.69, 9.17) is 0 Å². The molecule has 6 heteroatoms. The summed E-state index contributed by atoms with van der Waals surface area (Å²) in [5.74, 6) is -0.386. The number of carbonyl (C=O) groups excluding carboxylic acids is 1. The number of aromatic amines is 1. The van der Waals surface area contributed by atoms with Crippen LogP contribution in [-0.4, -0.2) is 21.7 Å². The van der Waals surface area contributed by atoms with Gasteiger partial charge < -0.3 is 10.1 Å². The Balaban J connectivity index is 1.18. The van der Waals surface area contributed by atoms with Gasteiger partial charge in [-0.15, -0.1) is 0 Å². The molecule has 0 radical (unpaired) electrons. The van der Waals surface area contributed by atoms with Gasteiger partial charge in [-0.05, 0) is 78.1 Å². The number of nitrogens with one attached hydrogen (secondary N) is 1. The Bertz CT molecular complexity index is 1740. The van der Waals surface area contributed by atoms with Crippen molar-refractivity contribution in [1.82, 2.24) is 4.98 Å². The Labute approximate surface area is 255 Å². The van der Waals surface area contributed by atoms with Gasteiger partial charge in [0.05, 0.1) is 22.5 Å². The van der Waals surface area contributed by atoms with Crippen molar-refractivity contribution < 1.29 is 9.90 Å². The Morgan fingerprint density at radius 1 is 0.619 bits per heavy atom. The van der Waals surface area contributed by atoms with Crippen molar-refractivity contribution in [3.8, 4) is 17.1 Å². The zero-order valence-electron chi connectivity index (χ0n) is 23.7. The van der Waals surface area contributed by atoms with Crippen LogP contribution in [0.1, 0.15) is 59.3 Å². The third kappa shape index (κ3) is 5.96. The van der Waals surface area contributed by atoms with E-state index in [9.17, 15) is 9.90 Å². The number of benzene rings is 4. The SMILES string of the molecule is CCCc1ccc(Sc2ccc(C3=NC(=O)c4c(-c5ccc(Sc6ccc(CCC)cc6)cc5)[nH]c(O)c43)cc2)cc1. The van der Waals surface area contributed by atoms with E-state index in [0.717, 1.165) is 46.6 Å². The first kappa shape index (κ1) is 28.1. The molecular weight excluding hydrogens is 557 g/mol. The molecule has 0 saturated carbocycles. The maximum atomic E-state index is 13.1. The number of nitrogens with zero attached hydrogens (tertiary/aromatic N) is 1. The third-order valence-corrected chi connectivity index (χ3v) is 9.34. The number of carbonyl (C=O) groups is 1. The maximum absolute atomic E-state index is 13.1. The molecule has 210 valence electrons. The number of amides is 1. The van der Waals surface area contributed by atoms with E-state index in [0.29, 0.717) is 22.5 Å². The summed E-state index contributed by atoms with van der Waals surface area (Å²) in [5, 5.41) is 10.9. The van der Waals surface area contributed by atoms with Crippen molar-refractivity contribution in [2.75, 3.05) is 0 Å². The summed E-state index contributed by atoms with van der Waals surface area (Å²) in [7, 11) is 0. The fraction of sp³-hybridized carbons (Fsp3) is 0.167. The van der Waals surface area contributed by atoms with Crippen LogP contribution < -0.4 is 0 Å². The van der Waals surface area contributed by atoms with Gasteiger partial charge in [-0.2, -0.15) is 0 Å². The van der Waals surface area contributed by atoms with Gasteiger partial charge in [-0.1, -0.05) is 98.7 Å². The topological polar surface area (TPSA) is 65.5 Å². The monoisotopic (exact) mass is 588 g/mol. The van der Waals surface area contributed by atoms with Crippen LogP contribution in [0.4, 0.5) is 0 Å². The first-order valence-electron chi connectivity index (χ1n) is 14.3. The molecule has 1 aromatic heterocycles. The molecule has 6 rings (SSSR count). The van der Waals surface area contributed by atoms with Gasteiger partial charge in [0.2, 0.25) is 0 Å². The Morgan fingerprint density at radius 2 is 1.05 bits per heavy atom. The predicted molar refractivity (Wildman–Crippen MR) is 173 cm³/mol. The van der Waals surface area contributed by atoms with Crippen LogP contribution in [0.3, 0.4) is 0 Å². The molecule has 5 aromatic rings. The highest BCUT2D eigenvalue weighted by atomic mass is 32.2. The Morgan fingerprint density at radius 3 is 1.50 bits per heavy atom. The molecule has 0 atom stereocenters. The van der Waals surface area contributed by atoms with E-state index in [-0.39, 0.29) is 11.8 Å². The highest BCUT2D eigenvalue weighted by Gasteiger charge is 2.33. The van der Waals surface area contributed by atoms with Gasteiger partial charge in [0.15, 0.2) is 5.88 Å². The number of hydrogen-bond donors (Lipinski definition) is 2. The van der Waals surface area contributed by atoms with Crippen molar-refractivity contribution in [2.45, 2.75) is 59.1 Å². The van der Waals surface area contributed by atoms with E-state index in [1.54, 1.807) is 23.5 Å². The first-order valence-corrected chi connectivity index (χ1v) is 16.0. The Hall–Kier alpha value is -4.00. The lowest BCUT2D eigenvalue weighted by atomic mass is 10.0. The number of aromatic hydroxyl groups is 1. The molecule has 0 unspecified atom stereocenters. The van der Waals surface area contributed by atoms with Crippen LogP contribution in [0.15, 0.2) is 122 Å². The second kappa shape index (κ2) is 12.5. The molecule has 1 aliphatic heterocycles. The maximum Gasteiger partial charge on any atom is 0.280 e. The fourth-order valence-electron chi connectivity index (χ4n) is 5.24. The van der Waals surface area contributed by atoms with Crippen LogP contribution in [0, 0.1) is 0 Å². The average Bonchev–Trinajstić information content (AvgIpc) is 3.54. The number of rotatable bonds is 10. The third-order valence-electron chi connectivity index (χ3n) is 7.31. The highest BCUT2D eigenvalue weighted by Crippen LogP contribution is 2.39. The molecule has 2 heterocycles. The summed E-state index contributed by atoms with van der Waals surface area (Å²) in [5.41, 5.74) is 6.29. The van der Waals surface area contributed by atoms with Crippen molar-refractivity contribution >= 4 is 35.1 Å². The zero-order valence-corrected chi connectivity index (χ0v) is 25.3. The number of fused-ring (bicyclic) bond motifs is 1. The molecular formula is C36H32N2O2S2. The molecule has 0 bridgehead atoms. The van der Waals surface area contributed by atoms with Gasteiger partial charge in [0.25, 0.3) is 5.91 Å². The van der Waals surface area contributed by atoms with Gasteiger partial charge in [0.1, 0.15) is 0 Å². The highest BCUT2D eigenvalue weighted by molar-refractivity contribution is 7.99. The number of H-pyrrole nitrogens is 1. The second-order valence-electron chi connectivity index (χ2n) is 10.4. The minimum atomic E-state index is -0.345. The summed E-state index contributed by atoms with van der Waals surface area (Å²) < 4.78 is 0. The van der Waals surface area contributed by atoms with Gasteiger partial charge in [0, 0.05) is 25.1 Å². The van der Waals surface area contributed by atoms with Crippen molar-refractivity contribution in [3.05, 3.63) is 125 Å². The quantitative estimate of drug-likeness (QED) is 0.170. The fourth-order valence-corrected chi connectivity index (χ4v) is 6.87. The smallest absolute Gasteiger partial charge is 0.280 e. The van der Waals surface area contributed by atoms with E-state index >= 15 is 0 Å². The second-order valence-corrected chi connectivity index (χ2v) is 12.7. The molecule has 4 nitrogen and oxygen atoms in total.